The average Bonchev–Trinajstić information content (AvgIpc) is 3.00. The summed E-state index contributed by atoms with van der Waals surface area (Å²) >= 11 is 1.77. The summed E-state index contributed by atoms with van der Waals surface area (Å²) in [6, 6.07) is 4.24. The highest BCUT2D eigenvalue weighted by atomic mass is 32.1. The summed E-state index contributed by atoms with van der Waals surface area (Å²) in [6.45, 7) is 5.56. The zero-order valence-corrected chi connectivity index (χ0v) is 13.6. The molecule has 1 saturated heterocycles. The van der Waals surface area contributed by atoms with Gasteiger partial charge in [0.05, 0.1) is 10.9 Å². The predicted molar refractivity (Wildman–Crippen MR) is 87.7 cm³/mol. The molecular weight excluding hydrogens is 282 g/mol. The van der Waals surface area contributed by atoms with E-state index in [-0.39, 0.29) is 17.4 Å². The molecule has 0 radical (unpaired) electrons. The van der Waals surface area contributed by atoms with Gasteiger partial charge < -0.3 is 15.5 Å². The second-order valence-corrected chi connectivity index (χ2v) is 7.49. The number of hydrogen-bond donors (Lipinski definition) is 1. The van der Waals surface area contributed by atoms with Crippen molar-refractivity contribution in [1.29, 1.82) is 0 Å². The number of anilines is 1. The average molecular weight is 307 g/mol. The number of thiophene rings is 1. The van der Waals surface area contributed by atoms with E-state index in [4.69, 9.17) is 5.73 Å². The summed E-state index contributed by atoms with van der Waals surface area (Å²) in [5.41, 5.74) is 6.06. The van der Waals surface area contributed by atoms with Gasteiger partial charge in [0.1, 0.15) is 0 Å². The van der Waals surface area contributed by atoms with E-state index in [1.165, 1.54) is 5.00 Å². The lowest BCUT2D eigenvalue weighted by atomic mass is 9.74. The number of nitrogens with two attached hydrogens (primary N) is 1. The van der Waals surface area contributed by atoms with Crippen LogP contribution < -0.4 is 10.6 Å². The fourth-order valence-corrected chi connectivity index (χ4v) is 4.37. The van der Waals surface area contributed by atoms with Crippen LogP contribution in [-0.4, -0.2) is 42.5 Å². The molecule has 4 nitrogen and oxygen atoms in total. The SMILES string of the molecule is CC1(N)CCCCC1C(=O)N1CCN(c2cccs2)CC1. The van der Waals surface area contributed by atoms with Crippen LogP contribution in [0.15, 0.2) is 17.5 Å². The maximum absolute atomic E-state index is 12.8. The van der Waals surface area contributed by atoms with Gasteiger partial charge >= 0.3 is 0 Å². The van der Waals surface area contributed by atoms with Crippen molar-refractivity contribution >= 4 is 22.2 Å². The van der Waals surface area contributed by atoms with Gasteiger partial charge in [-0.2, -0.15) is 0 Å². The Morgan fingerprint density at radius 1 is 1.33 bits per heavy atom. The topological polar surface area (TPSA) is 49.6 Å². The second-order valence-electron chi connectivity index (χ2n) is 6.57. The number of amides is 1. The van der Waals surface area contributed by atoms with E-state index in [1.807, 2.05) is 4.90 Å². The number of carbonyl (C=O) groups excluding carboxylic acids is 1. The van der Waals surface area contributed by atoms with Gasteiger partial charge in [-0.15, -0.1) is 11.3 Å². The minimum atomic E-state index is -0.319. The molecule has 1 aromatic heterocycles. The van der Waals surface area contributed by atoms with Gasteiger partial charge in [0, 0.05) is 31.7 Å². The first-order valence-corrected chi connectivity index (χ1v) is 8.82. The van der Waals surface area contributed by atoms with Crippen LogP contribution in [0.4, 0.5) is 5.00 Å². The smallest absolute Gasteiger partial charge is 0.227 e. The molecule has 2 N–H and O–H groups in total. The van der Waals surface area contributed by atoms with Crippen molar-refractivity contribution in [2.45, 2.75) is 38.1 Å². The lowest BCUT2D eigenvalue weighted by Crippen LogP contribution is -2.57. The monoisotopic (exact) mass is 307 g/mol. The first-order chi connectivity index (χ1) is 10.1. The minimum Gasteiger partial charge on any atom is -0.360 e. The molecule has 1 aliphatic heterocycles. The number of nitrogens with zero attached hydrogens (tertiary/aromatic N) is 2. The predicted octanol–water partition coefficient (Wildman–Crippen LogP) is 2.30. The molecule has 2 fully saturated rings. The van der Waals surface area contributed by atoms with Crippen molar-refractivity contribution in [2.24, 2.45) is 11.7 Å². The third-order valence-electron chi connectivity index (χ3n) is 4.96. The van der Waals surface area contributed by atoms with Crippen molar-refractivity contribution < 1.29 is 4.79 Å². The number of piperazine rings is 1. The third-order valence-corrected chi connectivity index (χ3v) is 5.89. The Balaban J connectivity index is 1.60. The van der Waals surface area contributed by atoms with Crippen LogP contribution in [0.25, 0.3) is 0 Å². The normalized spacial score (nSPS) is 30.5. The quantitative estimate of drug-likeness (QED) is 0.912. The fourth-order valence-electron chi connectivity index (χ4n) is 3.58. The molecule has 1 amide bonds. The van der Waals surface area contributed by atoms with E-state index in [1.54, 1.807) is 11.3 Å². The van der Waals surface area contributed by atoms with Crippen molar-refractivity contribution in [3.05, 3.63) is 17.5 Å². The van der Waals surface area contributed by atoms with Crippen molar-refractivity contribution in [2.75, 3.05) is 31.1 Å². The molecule has 0 aromatic carbocycles. The molecule has 2 unspecified atom stereocenters. The Bertz CT molecular complexity index is 478. The summed E-state index contributed by atoms with van der Waals surface area (Å²) in [5, 5.41) is 3.41. The van der Waals surface area contributed by atoms with E-state index in [9.17, 15) is 4.79 Å². The summed E-state index contributed by atoms with van der Waals surface area (Å²) in [4.78, 5) is 17.2. The van der Waals surface area contributed by atoms with E-state index < -0.39 is 0 Å². The Morgan fingerprint density at radius 3 is 2.71 bits per heavy atom. The highest BCUT2D eigenvalue weighted by Crippen LogP contribution is 2.33. The van der Waals surface area contributed by atoms with Crippen LogP contribution in [0.1, 0.15) is 32.6 Å². The van der Waals surface area contributed by atoms with Crippen LogP contribution >= 0.6 is 11.3 Å². The first-order valence-electron chi connectivity index (χ1n) is 7.94. The van der Waals surface area contributed by atoms with Crippen molar-refractivity contribution in [3.8, 4) is 0 Å². The first kappa shape index (κ1) is 14.9. The highest BCUT2D eigenvalue weighted by Gasteiger charge is 2.40. The molecule has 1 aromatic rings. The van der Waals surface area contributed by atoms with Gasteiger partial charge in [0.2, 0.25) is 5.91 Å². The Hall–Kier alpha value is -1.07. The minimum absolute atomic E-state index is 0.0135. The summed E-state index contributed by atoms with van der Waals surface area (Å²) in [5.74, 6) is 0.296. The van der Waals surface area contributed by atoms with E-state index in [0.29, 0.717) is 0 Å². The zero-order chi connectivity index (χ0) is 14.9. The number of rotatable bonds is 2. The molecule has 3 rings (SSSR count). The molecule has 5 heteroatoms. The van der Waals surface area contributed by atoms with Crippen LogP contribution in [-0.2, 0) is 4.79 Å². The summed E-state index contributed by atoms with van der Waals surface area (Å²) in [7, 11) is 0. The van der Waals surface area contributed by atoms with Gasteiger partial charge in [-0.3, -0.25) is 4.79 Å². The molecule has 1 aliphatic carbocycles. The van der Waals surface area contributed by atoms with Crippen LogP contribution in [0.5, 0.6) is 0 Å². The molecule has 21 heavy (non-hydrogen) atoms. The maximum atomic E-state index is 12.8. The van der Waals surface area contributed by atoms with E-state index in [2.05, 4.69) is 29.3 Å². The van der Waals surface area contributed by atoms with Gasteiger partial charge in [0.15, 0.2) is 0 Å². The van der Waals surface area contributed by atoms with Crippen LogP contribution in [0.2, 0.25) is 0 Å². The standard InChI is InChI=1S/C16H25N3OS/c1-16(17)7-3-2-5-13(16)15(20)19-10-8-18(9-11-19)14-6-4-12-21-14/h4,6,12-13H,2-3,5,7-11,17H2,1H3. The molecule has 2 aliphatic rings. The van der Waals surface area contributed by atoms with Crippen LogP contribution in [0, 0.1) is 5.92 Å². The van der Waals surface area contributed by atoms with Gasteiger partial charge in [-0.25, -0.2) is 0 Å². The molecule has 2 atom stereocenters. The molecule has 0 bridgehead atoms. The maximum Gasteiger partial charge on any atom is 0.227 e. The number of hydrogen-bond acceptors (Lipinski definition) is 4. The van der Waals surface area contributed by atoms with Gasteiger partial charge in [-0.05, 0) is 37.3 Å². The second kappa shape index (κ2) is 5.97. The lowest BCUT2D eigenvalue weighted by molar-refractivity contribution is -0.139. The number of carbonyl (C=O) groups is 1. The zero-order valence-electron chi connectivity index (χ0n) is 12.8. The Kier molecular flexibility index (Phi) is 4.22. The van der Waals surface area contributed by atoms with Gasteiger partial charge in [-0.1, -0.05) is 12.8 Å². The summed E-state index contributed by atoms with van der Waals surface area (Å²) < 4.78 is 0. The third kappa shape index (κ3) is 3.09. The van der Waals surface area contributed by atoms with Gasteiger partial charge in [0.25, 0.3) is 0 Å². The fraction of sp³-hybridized carbons (Fsp3) is 0.688. The summed E-state index contributed by atoms with van der Waals surface area (Å²) in [6.07, 6.45) is 4.22. The molecule has 0 spiro atoms. The Morgan fingerprint density at radius 2 is 2.10 bits per heavy atom. The van der Waals surface area contributed by atoms with Crippen molar-refractivity contribution in [3.63, 3.8) is 0 Å². The molecule has 2 heterocycles. The van der Waals surface area contributed by atoms with Crippen molar-refractivity contribution in [1.82, 2.24) is 4.90 Å². The largest absolute Gasteiger partial charge is 0.360 e. The van der Waals surface area contributed by atoms with E-state index >= 15 is 0 Å². The highest BCUT2D eigenvalue weighted by molar-refractivity contribution is 7.14. The molecule has 116 valence electrons. The molecule has 1 saturated carbocycles. The van der Waals surface area contributed by atoms with Crippen LogP contribution in [0.3, 0.4) is 0 Å². The Labute approximate surface area is 130 Å². The van der Waals surface area contributed by atoms with E-state index in [0.717, 1.165) is 51.9 Å². The lowest BCUT2D eigenvalue weighted by Gasteiger charge is -2.42. The molecular formula is C16H25N3OS.